The number of guanidine groups is 1. The number of nitrogens with one attached hydrogen (secondary N) is 2. The first kappa shape index (κ1) is 20.9. The molecule has 2 heterocycles. The summed E-state index contributed by atoms with van der Waals surface area (Å²) in [4.78, 5) is 4.96. The van der Waals surface area contributed by atoms with Crippen molar-refractivity contribution in [3.63, 3.8) is 0 Å². The first-order valence-corrected chi connectivity index (χ1v) is 12.6. The highest BCUT2D eigenvalue weighted by Gasteiger charge is 2.29. The van der Waals surface area contributed by atoms with Crippen molar-refractivity contribution in [1.29, 1.82) is 0 Å². The lowest BCUT2D eigenvalue weighted by molar-refractivity contribution is 0.0822. The minimum absolute atomic E-state index is 0.199. The lowest BCUT2D eigenvalue weighted by atomic mass is 9.83. The fourth-order valence-corrected chi connectivity index (χ4v) is 6.33. The largest absolute Gasteiger partial charge is 0.381 e. The molecule has 0 spiro atoms. The van der Waals surface area contributed by atoms with Crippen LogP contribution in [0.1, 0.15) is 64.7 Å². The molecule has 1 aliphatic carbocycles. The van der Waals surface area contributed by atoms with Crippen LogP contribution in [0.25, 0.3) is 0 Å². The molecule has 1 atom stereocenters. The zero-order valence-electron chi connectivity index (χ0n) is 16.8. The second-order valence-electron chi connectivity index (χ2n) is 9.07. The Bertz CT molecular complexity index is 592. The number of ether oxygens (including phenoxy) is 1. The van der Waals surface area contributed by atoms with Crippen molar-refractivity contribution in [1.82, 2.24) is 10.6 Å². The normalized spacial score (nSPS) is 29.2. The van der Waals surface area contributed by atoms with Crippen molar-refractivity contribution in [2.75, 3.05) is 37.8 Å². The Kier molecular flexibility index (Phi) is 7.42. The average Bonchev–Trinajstić information content (AvgIpc) is 2.85. The van der Waals surface area contributed by atoms with Crippen LogP contribution in [0.5, 0.6) is 0 Å². The van der Waals surface area contributed by atoms with Crippen LogP contribution in [0.3, 0.4) is 0 Å². The Hall–Kier alpha value is -0.820. The third-order valence-corrected chi connectivity index (χ3v) is 8.21. The van der Waals surface area contributed by atoms with Gasteiger partial charge in [-0.25, -0.2) is 8.42 Å². The van der Waals surface area contributed by atoms with Crippen LogP contribution in [0, 0.1) is 11.3 Å². The molecular weight excluding hydrogens is 362 g/mol. The Morgan fingerprint density at radius 1 is 1.11 bits per heavy atom. The van der Waals surface area contributed by atoms with E-state index in [1.807, 2.05) is 0 Å². The van der Waals surface area contributed by atoms with Crippen LogP contribution in [0.15, 0.2) is 4.99 Å². The predicted octanol–water partition coefficient (Wildman–Crippen LogP) is 2.50. The van der Waals surface area contributed by atoms with Gasteiger partial charge in [-0.05, 0) is 43.4 Å². The summed E-state index contributed by atoms with van der Waals surface area (Å²) in [5.41, 5.74) is 0.289. The number of sulfone groups is 1. The van der Waals surface area contributed by atoms with Crippen molar-refractivity contribution in [3.8, 4) is 0 Å². The van der Waals surface area contributed by atoms with E-state index in [4.69, 9.17) is 9.73 Å². The zero-order chi connectivity index (χ0) is 19.2. The van der Waals surface area contributed by atoms with E-state index in [1.165, 1.54) is 38.5 Å². The van der Waals surface area contributed by atoms with Crippen molar-refractivity contribution >= 4 is 15.8 Å². The smallest absolute Gasteiger partial charge is 0.191 e. The molecule has 1 saturated carbocycles. The van der Waals surface area contributed by atoms with Gasteiger partial charge in [-0.15, -0.1) is 0 Å². The standard InChI is InChI=1S/C20H37N3O3S/c1-20(9-4-2-3-5-10-20)16-22-19(23-18-6-11-26-12-7-18)21-14-17-8-13-27(24,25)15-17/h17-18H,2-16H2,1H3,(H2,21,22,23). The molecule has 156 valence electrons. The highest BCUT2D eigenvalue weighted by molar-refractivity contribution is 7.91. The zero-order valence-corrected chi connectivity index (χ0v) is 17.7. The summed E-state index contributed by atoms with van der Waals surface area (Å²) in [6, 6.07) is 0.388. The van der Waals surface area contributed by atoms with E-state index >= 15 is 0 Å². The summed E-state index contributed by atoms with van der Waals surface area (Å²) >= 11 is 0. The van der Waals surface area contributed by atoms with Crippen LogP contribution >= 0.6 is 0 Å². The van der Waals surface area contributed by atoms with Crippen LogP contribution in [0.4, 0.5) is 0 Å². The van der Waals surface area contributed by atoms with E-state index in [0.717, 1.165) is 45.0 Å². The molecule has 0 aromatic rings. The summed E-state index contributed by atoms with van der Waals surface area (Å²) in [7, 11) is -2.83. The van der Waals surface area contributed by atoms with Gasteiger partial charge in [-0.1, -0.05) is 32.6 Å². The predicted molar refractivity (Wildman–Crippen MR) is 110 cm³/mol. The van der Waals surface area contributed by atoms with Gasteiger partial charge in [-0.3, -0.25) is 4.99 Å². The van der Waals surface area contributed by atoms with Crippen LogP contribution in [-0.4, -0.2) is 58.2 Å². The molecule has 0 aromatic heterocycles. The van der Waals surface area contributed by atoms with Gasteiger partial charge in [0.1, 0.15) is 0 Å². The highest BCUT2D eigenvalue weighted by atomic mass is 32.2. The quantitative estimate of drug-likeness (QED) is 0.422. The number of hydrogen-bond donors (Lipinski definition) is 2. The van der Waals surface area contributed by atoms with E-state index in [-0.39, 0.29) is 11.3 Å². The molecule has 1 unspecified atom stereocenters. The van der Waals surface area contributed by atoms with Gasteiger partial charge in [0.25, 0.3) is 0 Å². The summed E-state index contributed by atoms with van der Waals surface area (Å²) < 4.78 is 28.9. The number of rotatable bonds is 5. The monoisotopic (exact) mass is 399 g/mol. The van der Waals surface area contributed by atoms with E-state index in [0.29, 0.717) is 24.1 Å². The molecule has 3 fully saturated rings. The minimum Gasteiger partial charge on any atom is -0.381 e. The first-order valence-electron chi connectivity index (χ1n) is 10.8. The molecule has 0 radical (unpaired) electrons. The minimum atomic E-state index is -2.83. The molecule has 27 heavy (non-hydrogen) atoms. The van der Waals surface area contributed by atoms with Crippen molar-refractivity contribution in [2.24, 2.45) is 16.3 Å². The Morgan fingerprint density at radius 3 is 2.44 bits per heavy atom. The van der Waals surface area contributed by atoms with Gasteiger partial charge in [0.05, 0.1) is 11.5 Å². The van der Waals surface area contributed by atoms with Crippen molar-refractivity contribution in [3.05, 3.63) is 0 Å². The number of hydrogen-bond acceptors (Lipinski definition) is 4. The maximum Gasteiger partial charge on any atom is 0.191 e. The van der Waals surface area contributed by atoms with Crippen LogP contribution in [-0.2, 0) is 14.6 Å². The molecule has 2 aliphatic heterocycles. The van der Waals surface area contributed by atoms with Crippen LogP contribution < -0.4 is 10.6 Å². The second kappa shape index (κ2) is 9.59. The van der Waals surface area contributed by atoms with Gasteiger partial charge >= 0.3 is 0 Å². The molecule has 2 saturated heterocycles. The van der Waals surface area contributed by atoms with Gasteiger partial charge in [-0.2, -0.15) is 0 Å². The topological polar surface area (TPSA) is 79.8 Å². The number of aliphatic imine (C=N–C) groups is 1. The molecular formula is C20H37N3O3S. The highest BCUT2D eigenvalue weighted by Crippen LogP contribution is 2.34. The van der Waals surface area contributed by atoms with Crippen LogP contribution in [0.2, 0.25) is 0 Å². The Balaban J connectivity index is 1.59. The van der Waals surface area contributed by atoms with E-state index < -0.39 is 9.84 Å². The molecule has 3 rings (SSSR count). The molecule has 0 bridgehead atoms. The Labute approximate surface area is 164 Å². The number of nitrogens with zero attached hydrogens (tertiary/aromatic N) is 1. The summed E-state index contributed by atoms with van der Waals surface area (Å²) in [5, 5.41) is 7.04. The Morgan fingerprint density at radius 2 is 1.81 bits per heavy atom. The average molecular weight is 400 g/mol. The van der Waals surface area contributed by atoms with Gasteiger partial charge < -0.3 is 15.4 Å². The third-order valence-electron chi connectivity index (χ3n) is 6.38. The molecule has 2 N–H and O–H groups in total. The maximum atomic E-state index is 11.7. The molecule has 0 amide bonds. The SMILES string of the molecule is CC1(CN=C(NCC2CCS(=O)(=O)C2)NC2CCOCC2)CCCCCC1. The van der Waals surface area contributed by atoms with Gasteiger partial charge in [0.15, 0.2) is 15.8 Å². The first-order chi connectivity index (χ1) is 12.9. The second-order valence-corrected chi connectivity index (χ2v) is 11.3. The summed E-state index contributed by atoms with van der Waals surface area (Å²) in [5.74, 6) is 1.70. The molecule has 0 aromatic carbocycles. The fraction of sp³-hybridized carbons (Fsp3) is 0.950. The van der Waals surface area contributed by atoms with Gasteiger partial charge in [0.2, 0.25) is 0 Å². The molecule has 3 aliphatic rings. The lowest BCUT2D eigenvalue weighted by Gasteiger charge is -2.29. The van der Waals surface area contributed by atoms with E-state index in [1.54, 1.807) is 0 Å². The van der Waals surface area contributed by atoms with E-state index in [9.17, 15) is 8.42 Å². The third kappa shape index (κ3) is 6.93. The molecule has 6 nitrogen and oxygen atoms in total. The maximum absolute atomic E-state index is 11.7. The molecule has 7 heteroatoms. The van der Waals surface area contributed by atoms with Gasteiger partial charge in [0, 0.05) is 32.3 Å². The van der Waals surface area contributed by atoms with Crippen molar-refractivity contribution in [2.45, 2.75) is 70.8 Å². The summed E-state index contributed by atoms with van der Waals surface area (Å²) in [6.07, 6.45) is 10.6. The van der Waals surface area contributed by atoms with Crippen molar-refractivity contribution < 1.29 is 13.2 Å². The van der Waals surface area contributed by atoms with E-state index in [2.05, 4.69) is 17.6 Å². The summed E-state index contributed by atoms with van der Waals surface area (Å²) in [6.45, 7) is 5.49. The lowest BCUT2D eigenvalue weighted by Crippen LogP contribution is -2.47. The fourth-order valence-electron chi connectivity index (χ4n) is 4.47.